The molecule has 3 nitrogen and oxygen atoms in total. The molecule has 2 aromatic rings. The Morgan fingerprint density at radius 1 is 1.05 bits per heavy atom. The third-order valence-corrected chi connectivity index (χ3v) is 4.25. The summed E-state index contributed by atoms with van der Waals surface area (Å²) >= 11 is 0. The van der Waals surface area contributed by atoms with Crippen LogP contribution in [-0.4, -0.2) is 20.1 Å². The molecular formula is C18H19NO2. The number of rotatable bonds is 4. The van der Waals surface area contributed by atoms with Gasteiger partial charge < -0.3 is 9.64 Å². The molecule has 0 saturated heterocycles. The molecule has 1 aliphatic rings. The lowest BCUT2D eigenvalue weighted by molar-refractivity contribution is -0.120. The highest BCUT2D eigenvalue weighted by Gasteiger charge is 2.52. The average Bonchev–Trinajstić information content (AvgIpc) is 3.36. The van der Waals surface area contributed by atoms with Crippen LogP contribution in [0.3, 0.4) is 0 Å². The molecule has 3 heteroatoms. The van der Waals surface area contributed by atoms with Gasteiger partial charge in [0.25, 0.3) is 0 Å². The average molecular weight is 281 g/mol. The maximum absolute atomic E-state index is 12.9. The van der Waals surface area contributed by atoms with Gasteiger partial charge in [0.05, 0.1) is 12.5 Å². The zero-order valence-corrected chi connectivity index (χ0v) is 12.4. The number of hydrogen-bond acceptors (Lipinski definition) is 2. The van der Waals surface area contributed by atoms with Gasteiger partial charge in [-0.1, -0.05) is 30.3 Å². The predicted molar refractivity (Wildman–Crippen MR) is 83.8 cm³/mol. The van der Waals surface area contributed by atoms with E-state index in [2.05, 4.69) is 0 Å². The van der Waals surface area contributed by atoms with Crippen LogP contribution in [-0.2, 0) is 10.2 Å². The summed E-state index contributed by atoms with van der Waals surface area (Å²) in [5.41, 5.74) is 1.69. The highest BCUT2D eigenvalue weighted by atomic mass is 16.5. The summed E-state index contributed by atoms with van der Waals surface area (Å²) in [5.74, 6) is 0.961. The molecule has 1 saturated carbocycles. The van der Waals surface area contributed by atoms with E-state index in [9.17, 15) is 4.79 Å². The lowest BCUT2D eigenvalue weighted by atomic mass is 9.94. The highest BCUT2D eigenvalue weighted by molar-refractivity contribution is 6.02. The second-order valence-corrected chi connectivity index (χ2v) is 5.51. The van der Waals surface area contributed by atoms with Crippen molar-refractivity contribution >= 4 is 11.6 Å². The van der Waals surface area contributed by atoms with Crippen LogP contribution in [0.15, 0.2) is 54.6 Å². The quantitative estimate of drug-likeness (QED) is 0.859. The fourth-order valence-corrected chi connectivity index (χ4v) is 2.75. The van der Waals surface area contributed by atoms with Crippen molar-refractivity contribution in [1.29, 1.82) is 0 Å². The minimum atomic E-state index is -0.323. The number of ether oxygens (including phenoxy) is 1. The van der Waals surface area contributed by atoms with Crippen molar-refractivity contribution in [3.05, 3.63) is 60.2 Å². The molecule has 0 N–H and O–H groups in total. The lowest BCUT2D eigenvalue weighted by Crippen LogP contribution is -2.36. The first-order valence-electron chi connectivity index (χ1n) is 7.15. The van der Waals surface area contributed by atoms with Crippen LogP contribution in [0, 0.1) is 0 Å². The smallest absolute Gasteiger partial charge is 0.237 e. The van der Waals surface area contributed by atoms with Gasteiger partial charge in [-0.15, -0.1) is 0 Å². The molecule has 0 aromatic heterocycles. The lowest BCUT2D eigenvalue weighted by Gasteiger charge is -2.24. The molecule has 0 atom stereocenters. The summed E-state index contributed by atoms with van der Waals surface area (Å²) in [6, 6.07) is 17.7. The number of likely N-dealkylation sites (N-methyl/N-ethyl adjacent to an activating group) is 1. The van der Waals surface area contributed by atoms with E-state index in [4.69, 9.17) is 4.74 Å². The molecule has 0 spiro atoms. The second-order valence-electron chi connectivity index (χ2n) is 5.51. The largest absolute Gasteiger partial charge is 0.497 e. The van der Waals surface area contributed by atoms with Gasteiger partial charge in [-0.25, -0.2) is 0 Å². The molecule has 0 radical (unpaired) electrons. The van der Waals surface area contributed by atoms with Crippen LogP contribution in [0.4, 0.5) is 5.69 Å². The Kier molecular flexibility index (Phi) is 3.42. The fourth-order valence-electron chi connectivity index (χ4n) is 2.75. The molecule has 1 aliphatic carbocycles. The number of amides is 1. The molecule has 0 unspecified atom stereocenters. The van der Waals surface area contributed by atoms with E-state index < -0.39 is 0 Å². The van der Waals surface area contributed by atoms with Crippen molar-refractivity contribution in [2.45, 2.75) is 18.3 Å². The Bertz CT molecular complexity index is 630. The summed E-state index contributed by atoms with van der Waals surface area (Å²) in [6.45, 7) is 0. The summed E-state index contributed by atoms with van der Waals surface area (Å²) in [4.78, 5) is 14.6. The van der Waals surface area contributed by atoms with Gasteiger partial charge in [0.1, 0.15) is 5.75 Å². The SMILES string of the molecule is COc1ccc(N(C)C(=O)C2(c3ccccc3)CC2)cc1. The van der Waals surface area contributed by atoms with Crippen LogP contribution in [0.2, 0.25) is 0 Å². The number of carbonyl (C=O) groups is 1. The standard InChI is InChI=1S/C18H19NO2/c1-19(15-8-10-16(21-2)11-9-15)17(20)18(12-13-18)14-6-4-3-5-7-14/h3-11H,12-13H2,1-2H3. The molecule has 1 fully saturated rings. The van der Waals surface area contributed by atoms with Gasteiger partial charge in [0.15, 0.2) is 0 Å². The van der Waals surface area contributed by atoms with Gasteiger partial charge in [-0.2, -0.15) is 0 Å². The molecule has 2 aromatic carbocycles. The minimum absolute atomic E-state index is 0.166. The maximum Gasteiger partial charge on any atom is 0.237 e. The van der Waals surface area contributed by atoms with Gasteiger partial charge >= 0.3 is 0 Å². The summed E-state index contributed by atoms with van der Waals surface area (Å²) < 4.78 is 5.15. The van der Waals surface area contributed by atoms with E-state index in [0.717, 1.165) is 29.8 Å². The van der Waals surface area contributed by atoms with Crippen LogP contribution < -0.4 is 9.64 Å². The number of methoxy groups -OCH3 is 1. The van der Waals surface area contributed by atoms with Crippen LogP contribution in [0.25, 0.3) is 0 Å². The number of carbonyl (C=O) groups excluding carboxylic acids is 1. The van der Waals surface area contributed by atoms with Crippen molar-refractivity contribution in [2.75, 3.05) is 19.1 Å². The molecule has 1 amide bonds. The maximum atomic E-state index is 12.9. The molecule has 0 heterocycles. The van der Waals surface area contributed by atoms with Crippen LogP contribution in [0.5, 0.6) is 5.75 Å². The first-order chi connectivity index (χ1) is 10.2. The monoisotopic (exact) mass is 281 g/mol. The molecule has 108 valence electrons. The van der Waals surface area contributed by atoms with Gasteiger partial charge in [0.2, 0.25) is 5.91 Å². The van der Waals surface area contributed by atoms with E-state index >= 15 is 0 Å². The summed E-state index contributed by atoms with van der Waals surface area (Å²) in [5, 5.41) is 0. The van der Waals surface area contributed by atoms with Crippen molar-refractivity contribution < 1.29 is 9.53 Å². The Morgan fingerprint density at radius 2 is 1.67 bits per heavy atom. The zero-order chi connectivity index (χ0) is 14.9. The van der Waals surface area contributed by atoms with E-state index in [-0.39, 0.29) is 11.3 Å². The second kappa shape index (κ2) is 5.24. The van der Waals surface area contributed by atoms with Crippen molar-refractivity contribution in [3.63, 3.8) is 0 Å². The van der Waals surface area contributed by atoms with Crippen molar-refractivity contribution in [1.82, 2.24) is 0 Å². The van der Waals surface area contributed by atoms with Crippen LogP contribution in [0.1, 0.15) is 18.4 Å². The molecule has 0 bridgehead atoms. The Labute approximate surface area is 125 Å². The molecule has 21 heavy (non-hydrogen) atoms. The zero-order valence-electron chi connectivity index (χ0n) is 12.4. The molecular weight excluding hydrogens is 262 g/mol. The minimum Gasteiger partial charge on any atom is -0.497 e. The van der Waals surface area contributed by atoms with E-state index in [1.165, 1.54) is 0 Å². The summed E-state index contributed by atoms with van der Waals surface area (Å²) in [7, 11) is 3.48. The summed E-state index contributed by atoms with van der Waals surface area (Å²) in [6.07, 6.45) is 1.85. The number of anilines is 1. The number of nitrogens with zero attached hydrogens (tertiary/aromatic N) is 1. The van der Waals surface area contributed by atoms with Crippen LogP contribution >= 0.6 is 0 Å². The Hall–Kier alpha value is -2.29. The van der Waals surface area contributed by atoms with Crippen molar-refractivity contribution in [2.24, 2.45) is 0 Å². The number of benzene rings is 2. The predicted octanol–water partition coefficient (Wildman–Crippen LogP) is 3.39. The Morgan fingerprint density at radius 3 is 2.19 bits per heavy atom. The van der Waals surface area contributed by atoms with Gasteiger partial charge in [0, 0.05) is 12.7 Å². The molecule has 0 aliphatic heterocycles. The van der Waals surface area contributed by atoms with Crippen molar-refractivity contribution in [3.8, 4) is 5.75 Å². The normalized spacial score (nSPS) is 15.3. The van der Waals surface area contributed by atoms with E-state index in [1.54, 1.807) is 12.0 Å². The fraction of sp³-hybridized carbons (Fsp3) is 0.278. The topological polar surface area (TPSA) is 29.5 Å². The third kappa shape index (κ3) is 2.40. The van der Waals surface area contributed by atoms with E-state index in [1.807, 2.05) is 61.6 Å². The van der Waals surface area contributed by atoms with E-state index in [0.29, 0.717) is 0 Å². The highest BCUT2D eigenvalue weighted by Crippen LogP contribution is 2.49. The first kappa shape index (κ1) is 13.7. The first-order valence-corrected chi connectivity index (χ1v) is 7.15. The Balaban J connectivity index is 1.84. The number of hydrogen-bond donors (Lipinski definition) is 0. The van der Waals surface area contributed by atoms with Gasteiger partial charge in [-0.05, 0) is 42.7 Å². The van der Waals surface area contributed by atoms with Gasteiger partial charge in [-0.3, -0.25) is 4.79 Å². The molecule has 3 rings (SSSR count). The third-order valence-electron chi connectivity index (χ3n) is 4.25.